The molecule has 0 spiro atoms. The summed E-state index contributed by atoms with van der Waals surface area (Å²) < 4.78 is 26.6. The maximum Gasteiger partial charge on any atom is 0.232 e. The number of unbranched alkanes of at least 4 members (excludes halogenated alkanes) is 1. The second-order valence-electron chi connectivity index (χ2n) is 5.43. The van der Waals surface area contributed by atoms with Gasteiger partial charge in [0.1, 0.15) is 0 Å². The first-order valence-electron chi connectivity index (χ1n) is 7.39. The van der Waals surface area contributed by atoms with Crippen molar-refractivity contribution in [2.75, 3.05) is 17.0 Å². The van der Waals surface area contributed by atoms with Gasteiger partial charge in [0.2, 0.25) is 10.0 Å². The lowest BCUT2D eigenvalue weighted by Crippen LogP contribution is -2.19. The largest absolute Gasteiger partial charge is 0.295 e. The molecule has 1 aromatic rings. The van der Waals surface area contributed by atoms with Crippen LogP contribution in [-0.2, 0) is 23.1 Å². The van der Waals surface area contributed by atoms with Crippen LogP contribution in [0.4, 0.5) is 5.69 Å². The third kappa shape index (κ3) is 3.73. The topological polar surface area (TPSA) is 49.4 Å². The summed E-state index contributed by atoms with van der Waals surface area (Å²) in [5, 5.41) is 0. The number of hydrogen-bond donors (Lipinski definition) is 1. The normalized spacial score (nSPS) is 15.3. The summed E-state index contributed by atoms with van der Waals surface area (Å²) in [4.78, 5) is 2.38. The van der Waals surface area contributed by atoms with E-state index in [0.717, 1.165) is 30.9 Å². The van der Waals surface area contributed by atoms with E-state index >= 15 is 0 Å². The van der Waals surface area contributed by atoms with Crippen molar-refractivity contribution in [1.82, 2.24) is 4.90 Å². The maximum atomic E-state index is 11.9. The van der Waals surface area contributed by atoms with E-state index in [1.54, 1.807) is 0 Å². The van der Waals surface area contributed by atoms with Gasteiger partial charge in [-0.2, -0.15) is 0 Å². The number of rotatable bonds is 7. The molecule has 20 heavy (non-hydrogen) atoms. The van der Waals surface area contributed by atoms with Crippen LogP contribution in [-0.4, -0.2) is 25.6 Å². The average molecular weight is 296 g/mol. The summed E-state index contributed by atoms with van der Waals surface area (Å²) in [6, 6.07) is 5.90. The van der Waals surface area contributed by atoms with E-state index in [9.17, 15) is 8.42 Å². The van der Waals surface area contributed by atoms with Gasteiger partial charge in [-0.25, -0.2) is 8.42 Å². The Morgan fingerprint density at radius 1 is 1.20 bits per heavy atom. The fourth-order valence-electron chi connectivity index (χ4n) is 2.61. The van der Waals surface area contributed by atoms with E-state index in [1.165, 1.54) is 18.4 Å². The first kappa shape index (κ1) is 15.3. The van der Waals surface area contributed by atoms with Gasteiger partial charge in [-0.3, -0.25) is 9.62 Å². The zero-order chi connectivity index (χ0) is 14.6. The first-order valence-corrected chi connectivity index (χ1v) is 9.04. The van der Waals surface area contributed by atoms with Crippen molar-refractivity contribution >= 4 is 15.7 Å². The zero-order valence-electron chi connectivity index (χ0n) is 12.4. The first-order chi connectivity index (χ1) is 9.55. The van der Waals surface area contributed by atoms with Gasteiger partial charge in [0.25, 0.3) is 0 Å². The highest BCUT2D eigenvalue weighted by Gasteiger charge is 2.22. The SMILES string of the molecule is CCCCN1Cc2cccc(NS(=O)(=O)CCC)c2C1. The van der Waals surface area contributed by atoms with Crippen molar-refractivity contribution in [2.45, 2.75) is 46.2 Å². The molecule has 5 heteroatoms. The van der Waals surface area contributed by atoms with Gasteiger partial charge in [0, 0.05) is 13.1 Å². The van der Waals surface area contributed by atoms with Crippen molar-refractivity contribution in [1.29, 1.82) is 0 Å². The van der Waals surface area contributed by atoms with Gasteiger partial charge in [-0.15, -0.1) is 0 Å². The average Bonchev–Trinajstić information content (AvgIpc) is 2.80. The van der Waals surface area contributed by atoms with Crippen LogP contribution in [0.5, 0.6) is 0 Å². The van der Waals surface area contributed by atoms with E-state index < -0.39 is 10.0 Å². The van der Waals surface area contributed by atoms with Gasteiger partial charge in [0.15, 0.2) is 0 Å². The Morgan fingerprint density at radius 2 is 2.00 bits per heavy atom. The molecule has 0 unspecified atom stereocenters. The molecular formula is C15H24N2O2S. The number of nitrogens with one attached hydrogen (secondary N) is 1. The number of benzene rings is 1. The number of fused-ring (bicyclic) bond motifs is 1. The van der Waals surface area contributed by atoms with E-state index in [1.807, 2.05) is 19.1 Å². The second-order valence-corrected chi connectivity index (χ2v) is 7.27. The number of hydrogen-bond acceptors (Lipinski definition) is 3. The molecule has 1 aliphatic rings. The molecule has 0 fully saturated rings. The summed E-state index contributed by atoms with van der Waals surface area (Å²) in [5.41, 5.74) is 3.15. The lowest BCUT2D eigenvalue weighted by atomic mass is 10.1. The van der Waals surface area contributed by atoms with Crippen LogP contribution < -0.4 is 4.72 Å². The molecule has 112 valence electrons. The highest BCUT2D eigenvalue weighted by molar-refractivity contribution is 7.92. The number of anilines is 1. The molecular weight excluding hydrogens is 272 g/mol. The quantitative estimate of drug-likeness (QED) is 0.841. The Morgan fingerprint density at radius 3 is 2.70 bits per heavy atom. The molecule has 0 saturated carbocycles. The summed E-state index contributed by atoms with van der Waals surface area (Å²) in [6.45, 7) is 6.92. The van der Waals surface area contributed by atoms with Crippen molar-refractivity contribution in [3.8, 4) is 0 Å². The van der Waals surface area contributed by atoms with E-state index in [0.29, 0.717) is 6.42 Å². The fourth-order valence-corrected chi connectivity index (χ4v) is 3.78. The van der Waals surface area contributed by atoms with Crippen LogP contribution in [0, 0.1) is 0 Å². The molecule has 0 bridgehead atoms. The predicted octanol–water partition coefficient (Wildman–Crippen LogP) is 2.95. The minimum atomic E-state index is -3.21. The highest BCUT2D eigenvalue weighted by Crippen LogP contribution is 2.30. The monoisotopic (exact) mass is 296 g/mol. The second kappa shape index (κ2) is 6.59. The molecule has 0 radical (unpaired) electrons. The summed E-state index contributed by atoms with van der Waals surface area (Å²) >= 11 is 0. The lowest BCUT2D eigenvalue weighted by Gasteiger charge is -2.14. The summed E-state index contributed by atoms with van der Waals surface area (Å²) in [7, 11) is -3.21. The van der Waals surface area contributed by atoms with E-state index in [2.05, 4.69) is 22.6 Å². The molecule has 1 heterocycles. The van der Waals surface area contributed by atoms with Crippen LogP contribution in [0.1, 0.15) is 44.2 Å². The molecule has 0 aromatic heterocycles. The molecule has 1 aliphatic heterocycles. The number of nitrogens with zero attached hydrogens (tertiary/aromatic N) is 1. The zero-order valence-corrected chi connectivity index (χ0v) is 13.2. The van der Waals surface area contributed by atoms with Gasteiger partial charge in [-0.1, -0.05) is 32.4 Å². The maximum absolute atomic E-state index is 11.9. The highest BCUT2D eigenvalue weighted by atomic mass is 32.2. The van der Waals surface area contributed by atoms with Crippen LogP contribution >= 0.6 is 0 Å². The van der Waals surface area contributed by atoms with Gasteiger partial charge < -0.3 is 0 Å². The van der Waals surface area contributed by atoms with Gasteiger partial charge in [-0.05, 0) is 36.6 Å². The summed E-state index contributed by atoms with van der Waals surface area (Å²) in [5.74, 6) is 0.177. The molecule has 1 aromatic carbocycles. The molecule has 1 N–H and O–H groups in total. The summed E-state index contributed by atoms with van der Waals surface area (Å²) in [6.07, 6.45) is 3.00. The van der Waals surface area contributed by atoms with Crippen molar-refractivity contribution < 1.29 is 8.42 Å². The smallest absolute Gasteiger partial charge is 0.232 e. The minimum Gasteiger partial charge on any atom is -0.295 e. The Balaban J connectivity index is 2.13. The van der Waals surface area contributed by atoms with E-state index in [4.69, 9.17) is 0 Å². The van der Waals surface area contributed by atoms with Gasteiger partial charge >= 0.3 is 0 Å². The lowest BCUT2D eigenvalue weighted by molar-refractivity contribution is 0.279. The fraction of sp³-hybridized carbons (Fsp3) is 0.600. The van der Waals surface area contributed by atoms with Crippen molar-refractivity contribution in [2.24, 2.45) is 0 Å². The van der Waals surface area contributed by atoms with Crippen LogP contribution in [0.15, 0.2) is 18.2 Å². The standard InChI is InChI=1S/C15H24N2O2S/c1-3-5-9-17-11-13-7-6-8-15(14(13)12-17)16-20(18,19)10-4-2/h6-8,16H,3-5,9-12H2,1-2H3. The van der Waals surface area contributed by atoms with Crippen molar-refractivity contribution in [3.63, 3.8) is 0 Å². The van der Waals surface area contributed by atoms with E-state index in [-0.39, 0.29) is 5.75 Å². The van der Waals surface area contributed by atoms with Crippen LogP contribution in [0.3, 0.4) is 0 Å². The molecule has 0 saturated heterocycles. The van der Waals surface area contributed by atoms with Crippen molar-refractivity contribution in [3.05, 3.63) is 29.3 Å². The Hall–Kier alpha value is -1.07. The Bertz CT molecular complexity index is 555. The molecule has 0 amide bonds. The van der Waals surface area contributed by atoms with Crippen LogP contribution in [0.25, 0.3) is 0 Å². The Labute approximate surface area is 122 Å². The van der Waals surface area contributed by atoms with Crippen LogP contribution in [0.2, 0.25) is 0 Å². The Kier molecular flexibility index (Phi) is 5.05. The molecule has 0 atom stereocenters. The predicted molar refractivity (Wildman–Crippen MR) is 83.2 cm³/mol. The van der Waals surface area contributed by atoms with Gasteiger partial charge in [0.05, 0.1) is 11.4 Å². The molecule has 0 aliphatic carbocycles. The minimum absolute atomic E-state index is 0.177. The third-order valence-electron chi connectivity index (χ3n) is 3.61. The molecule has 4 nitrogen and oxygen atoms in total. The molecule has 2 rings (SSSR count). The number of sulfonamides is 1. The third-order valence-corrected chi connectivity index (χ3v) is 5.09.